The maximum absolute atomic E-state index is 12.3. The SMILES string of the molecule is C[C@]12CC[C@H]3[C@@H](CCC4=CCCC[C@@H]43)[C@@H]1CCC2=O. The smallest absolute Gasteiger partial charge is 0.139 e. The summed E-state index contributed by atoms with van der Waals surface area (Å²) in [6.45, 7) is 2.29. The molecule has 0 aromatic heterocycles. The van der Waals surface area contributed by atoms with E-state index in [1.54, 1.807) is 5.57 Å². The summed E-state index contributed by atoms with van der Waals surface area (Å²) in [5.74, 6) is 3.99. The van der Waals surface area contributed by atoms with Crippen LogP contribution in [-0.4, -0.2) is 5.78 Å². The first kappa shape index (κ1) is 12.2. The largest absolute Gasteiger partial charge is 0.299 e. The van der Waals surface area contributed by atoms with Gasteiger partial charge in [-0.3, -0.25) is 4.79 Å². The van der Waals surface area contributed by atoms with Crippen molar-refractivity contribution in [3.8, 4) is 0 Å². The Hall–Kier alpha value is -0.590. The maximum Gasteiger partial charge on any atom is 0.139 e. The fourth-order valence-corrected chi connectivity index (χ4v) is 6.07. The van der Waals surface area contributed by atoms with E-state index >= 15 is 0 Å². The first-order valence-electron chi connectivity index (χ1n) is 8.42. The molecule has 0 heterocycles. The van der Waals surface area contributed by atoms with Gasteiger partial charge in [0.05, 0.1) is 0 Å². The highest BCUT2D eigenvalue weighted by Gasteiger charge is 2.55. The van der Waals surface area contributed by atoms with Crippen LogP contribution in [0.1, 0.15) is 64.7 Å². The number of hydrogen-bond donors (Lipinski definition) is 0. The molecule has 4 rings (SSSR count). The van der Waals surface area contributed by atoms with Gasteiger partial charge in [0, 0.05) is 11.8 Å². The quantitative estimate of drug-likeness (QED) is 0.584. The summed E-state index contributed by atoms with van der Waals surface area (Å²) >= 11 is 0. The lowest BCUT2D eigenvalue weighted by molar-refractivity contribution is -0.131. The first-order chi connectivity index (χ1) is 9.20. The number of ketones is 1. The lowest BCUT2D eigenvalue weighted by Gasteiger charge is -2.52. The van der Waals surface area contributed by atoms with Gasteiger partial charge in [0.1, 0.15) is 5.78 Å². The Morgan fingerprint density at radius 2 is 2.00 bits per heavy atom. The molecule has 3 fully saturated rings. The predicted octanol–water partition coefficient (Wildman–Crippen LogP) is 4.52. The molecule has 3 saturated carbocycles. The molecule has 0 radical (unpaired) electrons. The number of allylic oxidation sites excluding steroid dienone is 2. The number of fused-ring (bicyclic) bond motifs is 5. The number of carbonyl (C=O) groups is 1. The van der Waals surface area contributed by atoms with Crippen LogP contribution in [-0.2, 0) is 4.79 Å². The molecule has 0 spiro atoms. The highest BCUT2D eigenvalue weighted by molar-refractivity contribution is 5.87. The van der Waals surface area contributed by atoms with Gasteiger partial charge >= 0.3 is 0 Å². The molecule has 5 atom stereocenters. The van der Waals surface area contributed by atoms with Gasteiger partial charge in [0.15, 0.2) is 0 Å². The van der Waals surface area contributed by atoms with Crippen LogP contribution < -0.4 is 0 Å². The van der Waals surface area contributed by atoms with Crippen LogP contribution in [0.4, 0.5) is 0 Å². The van der Waals surface area contributed by atoms with Crippen molar-refractivity contribution in [1.29, 1.82) is 0 Å². The molecule has 0 bridgehead atoms. The van der Waals surface area contributed by atoms with E-state index < -0.39 is 0 Å². The Balaban J connectivity index is 1.65. The van der Waals surface area contributed by atoms with Gasteiger partial charge < -0.3 is 0 Å². The van der Waals surface area contributed by atoms with Crippen LogP contribution in [0.2, 0.25) is 0 Å². The van der Waals surface area contributed by atoms with E-state index in [4.69, 9.17) is 0 Å². The number of carbonyl (C=O) groups excluding carboxylic acids is 1. The van der Waals surface area contributed by atoms with Crippen molar-refractivity contribution in [3.63, 3.8) is 0 Å². The van der Waals surface area contributed by atoms with Gasteiger partial charge in [-0.05, 0) is 75.0 Å². The first-order valence-corrected chi connectivity index (χ1v) is 8.42. The monoisotopic (exact) mass is 258 g/mol. The average Bonchev–Trinajstić information content (AvgIpc) is 2.75. The molecule has 0 amide bonds. The standard InChI is InChI=1S/C18H26O/c1-18-11-10-14-13-5-3-2-4-12(13)6-7-15(14)16(18)8-9-17(18)19/h4,13-16H,2-3,5-11H2,1H3/t13-,14+,15+,16-,18-/m0/s1. The Labute approximate surface area is 116 Å². The molecule has 0 aromatic carbocycles. The van der Waals surface area contributed by atoms with Crippen molar-refractivity contribution in [2.45, 2.75) is 64.7 Å². The summed E-state index contributed by atoms with van der Waals surface area (Å²) in [6.07, 6.45) is 14.0. The average molecular weight is 258 g/mol. The number of rotatable bonds is 0. The predicted molar refractivity (Wildman–Crippen MR) is 76.7 cm³/mol. The second-order valence-corrected chi connectivity index (χ2v) is 7.71. The second kappa shape index (κ2) is 4.20. The van der Waals surface area contributed by atoms with E-state index in [2.05, 4.69) is 13.0 Å². The van der Waals surface area contributed by atoms with Crippen molar-refractivity contribution in [1.82, 2.24) is 0 Å². The van der Waals surface area contributed by atoms with Gasteiger partial charge in [-0.15, -0.1) is 0 Å². The third-order valence-corrected chi connectivity index (χ3v) is 7.09. The van der Waals surface area contributed by atoms with E-state index in [0.29, 0.717) is 5.78 Å². The van der Waals surface area contributed by atoms with Crippen LogP contribution in [0.3, 0.4) is 0 Å². The van der Waals surface area contributed by atoms with Gasteiger partial charge in [0.2, 0.25) is 0 Å². The Morgan fingerprint density at radius 1 is 1.11 bits per heavy atom. The summed E-state index contributed by atoms with van der Waals surface area (Å²) in [7, 11) is 0. The minimum absolute atomic E-state index is 0.0665. The van der Waals surface area contributed by atoms with E-state index in [-0.39, 0.29) is 5.41 Å². The van der Waals surface area contributed by atoms with Crippen molar-refractivity contribution in [3.05, 3.63) is 11.6 Å². The van der Waals surface area contributed by atoms with Gasteiger partial charge in [0.25, 0.3) is 0 Å². The highest BCUT2D eigenvalue weighted by atomic mass is 16.1. The normalized spacial score (nSPS) is 49.1. The van der Waals surface area contributed by atoms with Crippen LogP contribution in [0, 0.1) is 29.1 Å². The molecule has 0 N–H and O–H groups in total. The molecule has 104 valence electrons. The van der Waals surface area contributed by atoms with Crippen LogP contribution >= 0.6 is 0 Å². The fourth-order valence-electron chi connectivity index (χ4n) is 6.07. The molecule has 4 aliphatic rings. The van der Waals surface area contributed by atoms with Crippen molar-refractivity contribution < 1.29 is 4.79 Å². The molecular formula is C18H26O. The lowest BCUT2D eigenvalue weighted by atomic mass is 9.52. The molecule has 1 nitrogen and oxygen atoms in total. The van der Waals surface area contributed by atoms with Gasteiger partial charge in [-0.1, -0.05) is 18.6 Å². The van der Waals surface area contributed by atoms with Crippen LogP contribution in [0.25, 0.3) is 0 Å². The Kier molecular flexibility index (Phi) is 2.69. The molecule has 4 aliphatic carbocycles. The van der Waals surface area contributed by atoms with Crippen LogP contribution in [0.5, 0.6) is 0 Å². The zero-order valence-corrected chi connectivity index (χ0v) is 12.2. The number of hydrogen-bond acceptors (Lipinski definition) is 1. The summed E-state index contributed by atoms with van der Waals surface area (Å²) in [6, 6.07) is 0. The van der Waals surface area contributed by atoms with E-state index in [1.807, 2.05) is 0 Å². The molecule has 19 heavy (non-hydrogen) atoms. The zero-order chi connectivity index (χ0) is 13.0. The minimum atomic E-state index is 0.0665. The van der Waals surface area contributed by atoms with Crippen molar-refractivity contribution in [2.24, 2.45) is 29.1 Å². The van der Waals surface area contributed by atoms with Crippen LogP contribution in [0.15, 0.2) is 11.6 Å². The Bertz CT molecular complexity index is 435. The second-order valence-electron chi connectivity index (χ2n) is 7.71. The fraction of sp³-hybridized carbons (Fsp3) is 0.833. The topological polar surface area (TPSA) is 17.1 Å². The Morgan fingerprint density at radius 3 is 2.89 bits per heavy atom. The van der Waals surface area contributed by atoms with Crippen molar-refractivity contribution in [2.75, 3.05) is 0 Å². The number of Topliss-reactive ketones (excluding diaryl/α,β-unsaturated/α-hetero) is 1. The van der Waals surface area contributed by atoms with E-state index in [0.717, 1.165) is 30.1 Å². The highest BCUT2D eigenvalue weighted by Crippen LogP contribution is 2.60. The van der Waals surface area contributed by atoms with E-state index in [9.17, 15) is 4.79 Å². The molecule has 1 heteroatoms. The van der Waals surface area contributed by atoms with Gasteiger partial charge in [-0.2, -0.15) is 0 Å². The molecule has 0 saturated heterocycles. The molecule has 0 unspecified atom stereocenters. The zero-order valence-electron chi connectivity index (χ0n) is 12.2. The van der Waals surface area contributed by atoms with Gasteiger partial charge in [-0.25, -0.2) is 0 Å². The summed E-state index contributed by atoms with van der Waals surface area (Å²) < 4.78 is 0. The summed E-state index contributed by atoms with van der Waals surface area (Å²) in [5, 5.41) is 0. The van der Waals surface area contributed by atoms with E-state index in [1.165, 1.54) is 51.4 Å². The molecular weight excluding hydrogens is 232 g/mol. The summed E-state index contributed by atoms with van der Waals surface area (Å²) in [5.41, 5.74) is 1.86. The van der Waals surface area contributed by atoms with Crippen molar-refractivity contribution >= 4 is 5.78 Å². The maximum atomic E-state index is 12.3. The molecule has 0 aliphatic heterocycles. The lowest BCUT2D eigenvalue weighted by Crippen LogP contribution is -2.46. The summed E-state index contributed by atoms with van der Waals surface area (Å²) in [4.78, 5) is 12.3. The minimum Gasteiger partial charge on any atom is -0.299 e. The third-order valence-electron chi connectivity index (χ3n) is 7.09. The molecule has 0 aromatic rings. The third kappa shape index (κ3) is 1.63.